The Balaban J connectivity index is 1.92. The van der Waals surface area contributed by atoms with Crippen LogP contribution in [0.2, 0.25) is 0 Å². The first-order chi connectivity index (χ1) is 8.29. The summed E-state index contributed by atoms with van der Waals surface area (Å²) in [6, 6.07) is 6.32. The molecule has 17 heavy (non-hydrogen) atoms. The van der Waals surface area contributed by atoms with Gasteiger partial charge in [-0.3, -0.25) is 4.21 Å². The average molecular weight is 252 g/mol. The minimum Gasteiger partial charge on any atom is -0.367 e. The second-order valence-electron chi connectivity index (χ2n) is 4.51. The monoisotopic (exact) mass is 252 g/mol. The zero-order chi connectivity index (χ0) is 12.1. The van der Waals surface area contributed by atoms with Gasteiger partial charge in [-0.25, -0.2) is 4.98 Å². The molecule has 1 aliphatic carbocycles. The van der Waals surface area contributed by atoms with Crippen LogP contribution in [-0.2, 0) is 10.8 Å². The maximum atomic E-state index is 11.8. The first kappa shape index (κ1) is 12.6. The highest BCUT2D eigenvalue weighted by molar-refractivity contribution is 7.85. The molecule has 1 aromatic heterocycles. The molecule has 3 atom stereocenters. The summed E-state index contributed by atoms with van der Waals surface area (Å²) in [5.41, 5.74) is 0. The molecule has 0 bridgehead atoms. The van der Waals surface area contributed by atoms with Crippen LogP contribution in [0.15, 0.2) is 24.4 Å². The van der Waals surface area contributed by atoms with Crippen LogP contribution in [0.4, 0.5) is 5.82 Å². The van der Waals surface area contributed by atoms with Gasteiger partial charge in [-0.15, -0.1) is 0 Å². The van der Waals surface area contributed by atoms with E-state index in [1.54, 1.807) is 6.20 Å². The molecule has 1 aromatic rings. The highest BCUT2D eigenvalue weighted by Crippen LogP contribution is 2.25. The van der Waals surface area contributed by atoms with Gasteiger partial charge in [0.15, 0.2) is 0 Å². The molecule has 0 aliphatic heterocycles. The molecule has 0 radical (unpaired) electrons. The molecule has 0 spiro atoms. The number of anilines is 1. The maximum absolute atomic E-state index is 11.8. The van der Waals surface area contributed by atoms with Crippen LogP contribution in [0.3, 0.4) is 0 Å². The largest absolute Gasteiger partial charge is 0.367 e. The maximum Gasteiger partial charge on any atom is 0.126 e. The van der Waals surface area contributed by atoms with Gasteiger partial charge >= 0.3 is 0 Å². The van der Waals surface area contributed by atoms with Gasteiger partial charge in [0.25, 0.3) is 0 Å². The van der Waals surface area contributed by atoms with E-state index in [2.05, 4.69) is 10.3 Å². The van der Waals surface area contributed by atoms with E-state index in [0.29, 0.717) is 11.3 Å². The first-order valence-corrected chi connectivity index (χ1v) is 7.72. The lowest BCUT2D eigenvalue weighted by atomic mass is 9.95. The molecule has 4 heteroatoms. The van der Waals surface area contributed by atoms with E-state index in [1.807, 2.05) is 25.1 Å². The van der Waals surface area contributed by atoms with Crippen LogP contribution in [0.5, 0.6) is 0 Å². The minimum absolute atomic E-state index is 0.370. The third kappa shape index (κ3) is 3.53. The van der Waals surface area contributed by atoms with Gasteiger partial charge in [0.1, 0.15) is 5.82 Å². The Kier molecular flexibility index (Phi) is 4.54. The van der Waals surface area contributed by atoms with Crippen molar-refractivity contribution >= 4 is 16.6 Å². The molecule has 3 unspecified atom stereocenters. The summed E-state index contributed by atoms with van der Waals surface area (Å²) in [6.07, 6.45) is 6.25. The molecule has 1 heterocycles. The van der Waals surface area contributed by atoms with Crippen molar-refractivity contribution in [3.05, 3.63) is 24.4 Å². The van der Waals surface area contributed by atoms with E-state index >= 15 is 0 Å². The standard InChI is InChI=1S/C13H20N2OS/c1-2-17(16)12-7-5-6-11(10-12)15-13-8-3-4-9-14-13/h3-4,8-9,11-12H,2,5-7,10H2,1H3,(H,14,15). The number of hydrogen-bond donors (Lipinski definition) is 1. The van der Waals surface area contributed by atoms with Crippen molar-refractivity contribution in [1.82, 2.24) is 4.98 Å². The lowest BCUT2D eigenvalue weighted by Gasteiger charge is -2.29. The predicted molar refractivity (Wildman–Crippen MR) is 72.6 cm³/mol. The van der Waals surface area contributed by atoms with Gasteiger partial charge < -0.3 is 5.32 Å². The Morgan fingerprint density at radius 2 is 2.35 bits per heavy atom. The molecule has 3 nitrogen and oxygen atoms in total. The zero-order valence-electron chi connectivity index (χ0n) is 10.3. The number of rotatable bonds is 4. The lowest BCUT2D eigenvalue weighted by Crippen LogP contribution is -2.33. The zero-order valence-corrected chi connectivity index (χ0v) is 11.1. The van der Waals surface area contributed by atoms with Gasteiger partial charge in [-0.1, -0.05) is 19.4 Å². The van der Waals surface area contributed by atoms with Crippen LogP contribution < -0.4 is 5.32 Å². The van der Waals surface area contributed by atoms with Crippen molar-refractivity contribution in [2.75, 3.05) is 11.1 Å². The second kappa shape index (κ2) is 6.15. The summed E-state index contributed by atoms with van der Waals surface area (Å²) < 4.78 is 11.8. The second-order valence-corrected chi connectivity index (χ2v) is 6.52. The van der Waals surface area contributed by atoms with Crippen molar-refractivity contribution in [3.8, 4) is 0 Å². The third-order valence-corrected chi connectivity index (χ3v) is 5.04. The molecule has 2 rings (SSSR count). The van der Waals surface area contributed by atoms with E-state index in [4.69, 9.17) is 0 Å². The highest BCUT2D eigenvalue weighted by Gasteiger charge is 2.25. The molecule has 94 valence electrons. The number of hydrogen-bond acceptors (Lipinski definition) is 3. The molecule has 1 saturated carbocycles. The molecule has 0 aromatic carbocycles. The van der Waals surface area contributed by atoms with Crippen molar-refractivity contribution in [1.29, 1.82) is 0 Å². The Bertz CT molecular complexity index is 369. The molecule has 1 fully saturated rings. The van der Waals surface area contributed by atoms with Gasteiger partial charge in [-0.05, 0) is 31.4 Å². The Labute approximate surface area is 105 Å². The van der Waals surface area contributed by atoms with Gasteiger partial charge in [0, 0.05) is 34.0 Å². The van der Waals surface area contributed by atoms with Crippen LogP contribution >= 0.6 is 0 Å². The van der Waals surface area contributed by atoms with E-state index in [-0.39, 0.29) is 0 Å². The SMILES string of the molecule is CCS(=O)C1CCCC(Nc2ccccn2)C1. The number of pyridine rings is 1. The summed E-state index contributed by atoms with van der Waals surface area (Å²) in [5, 5.41) is 3.81. The van der Waals surface area contributed by atoms with Crippen LogP contribution in [0.25, 0.3) is 0 Å². The topological polar surface area (TPSA) is 42.0 Å². The van der Waals surface area contributed by atoms with Crippen LogP contribution in [-0.4, -0.2) is 26.2 Å². The van der Waals surface area contributed by atoms with Crippen molar-refractivity contribution in [2.24, 2.45) is 0 Å². The fraction of sp³-hybridized carbons (Fsp3) is 0.615. The lowest BCUT2D eigenvalue weighted by molar-refractivity contribution is 0.464. The molecule has 1 N–H and O–H groups in total. The fourth-order valence-corrected chi connectivity index (χ4v) is 3.76. The van der Waals surface area contributed by atoms with Gasteiger partial charge in [0.05, 0.1) is 0 Å². The summed E-state index contributed by atoms with van der Waals surface area (Å²) >= 11 is 0. The van der Waals surface area contributed by atoms with Crippen molar-refractivity contribution in [2.45, 2.75) is 43.9 Å². The van der Waals surface area contributed by atoms with E-state index in [9.17, 15) is 4.21 Å². The van der Waals surface area contributed by atoms with E-state index < -0.39 is 10.8 Å². The quantitative estimate of drug-likeness (QED) is 0.895. The molecule has 0 amide bonds. The average Bonchev–Trinajstić information content (AvgIpc) is 2.39. The Morgan fingerprint density at radius 3 is 3.06 bits per heavy atom. The summed E-state index contributed by atoms with van der Waals surface area (Å²) in [5.74, 6) is 1.71. The molecule has 1 aliphatic rings. The first-order valence-electron chi connectivity index (χ1n) is 6.34. The van der Waals surface area contributed by atoms with Crippen LogP contribution in [0, 0.1) is 0 Å². The normalized spacial score (nSPS) is 26.4. The highest BCUT2D eigenvalue weighted by atomic mass is 32.2. The minimum atomic E-state index is -0.653. The number of aromatic nitrogens is 1. The number of nitrogens with zero attached hydrogens (tertiary/aromatic N) is 1. The van der Waals surface area contributed by atoms with Crippen molar-refractivity contribution < 1.29 is 4.21 Å². The van der Waals surface area contributed by atoms with Crippen LogP contribution in [0.1, 0.15) is 32.6 Å². The summed E-state index contributed by atoms with van der Waals surface area (Å²) in [7, 11) is -0.653. The molecule has 0 saturated heterocycles. The van der Waals surface area contributed by atoms with Crippen molar-refractivity contribution in [3.63, 3.8) is 0 Å². The Morgan fingerprint density at radius 1 is 1.47 bits per heavy atom. The number of nitrogens with one attached hydrogen (secondary N) is 1. The molecular formula is C13H20N2OS. The summed E-state index contributed by atoms with van der Waals surface area (Å²) in [4.78, 5) is 4.28. The van der Waals surface area contributed by atoms with Gasteiger partial charge in [-0.2, -0.15) is 0 Å². The third-order valence-electron chi connectivity index (χ3n) is 3.30. The van der Waals surface area contributed by atoms with E-state index in [1.165, 1.54) is 6.42 Å². The Hall–Kier alpha value is -0.900. The fourth-order valence-electron chi connectivity index (χ4n) is 2.41. The smallest absolute Gasteiger partial charge is 0.126 e. The molecular weight excluding hydrogens is 232 g/mol. The summed E-state index contributed by atoms with van der Waals surface area (Å²) in [6.45, 7) is 2.01. The van der Waals surface area contributed by atoms with Gasteiger partial charge in [0.2, 0.25) is 0 Å². The van der Waals surface area contributed by atoms with E-state index in [0.717, 1.165) is 30.8 Å². The predicted octanol–water partition coefficient (Wildman–Crippen LogP) is 2.57.